The second-order valence-corrected chi connectivity index (χ2v) is 6.21. The molecule has 1 aromatic rings. The molecule has 1 aliphatic heterocycles. The molecule has 0 saturated carbocycles. The highest BCUT2D eigenvalue weighted by atomic mass is 127. The van der Waals surface area contributed by atoms with E-state index in [0.29, 0.717) is 25.7 Å². The second kappa shape index (κ2) is 13.2. The third kappa shape index (κ3) is 7.67. The number of halogens is 1. The highest BCUT2D eigenvalue weighted by Crippen LogP contribution is 2.17. The van der Waals surface area contributed by atoms with Gasteiger partial charge in [0.15, 0.2) is 5.96 Å². The van der Waals surface area contributed by atoms with Crippen molar-refractivity contribution in [2.45, 2.75) is 19.9 Å². The van der Waals surface area contributed by atoms with Crippen LogP contribution < -0.4 is 10.1 Å². The number of ether oxygens (including phenoxy) is 3. The van der Waals surface area contributed by atoms with Gasteiger partial charge in [-0.25, -0.2) is 4.99 Å². The lowest BCUT2D eigenvalue weighted by atomic mass is 10.1. The smallest absolute Gasteiger partial charge is 0.194 e. The van der Waals surface area contributed by atoms with E-state index in [-0.39, 0.29) is 24.0 Å². The fraction of sp³-hybridized carbons (Fsp3) is 0.632. The van der Waals surface area contributed by atoms with Crippen molar-refractivity contribution in [2.24, 2.45) is 10.9 Å². The van der Waals surface area contributed by atoms with Crippen LogP contribution >= 0.6 is 24.0 Å². The lowest BCUT2D eigenvalue weighted by molar-refractivity contribution is 0.146. The first-order chi connectivity index (χ1) is 12.3. The molecule has 1 atom stereocenters. The molecule has 0 bridgehead atoms. The molecule has 1 saturated heterocycles. The van der Waals surface area contributed by atoms with Gasteiger partial charge < -0.3 is 24.4 Å². The van der Waals surface area contributed by atoms with E-state index in [2.05, 4.69) is 29.3 Å². The summed E-state index contributed by atoms with van der Waals surface area (Å²) in [5.41, 5.74) is 1.17. The summed E-state index contributed by atoms with van der Waals surface area (Å²) in [6.45, 7) is 7.65. The lowest BCUT2D eigenvalue weighted by Crippen LogP contribution is -2.40. The van der Waals surface area contributed by atoms with Gasteiger partial charge in [0, 0.05) is 39.8 Å². The highest BCUT2D eigenvalue weighted by molar-refractivity contribution is 14.0. The maximum Gasteiger partial charge on any atom is 0.194 e. The average Bonchev–Trinajstić information content (AvgIpc) is 3.09. The zero-order chi connectivity index (χ0) is 17.9. The van der Waals surface area contributed by atoms with Crippen molar-refractivity contribution in [1.29, 1.82) is 0 Å². The second-order valence-electron chi connectivity index (χ2n) is 6.21. The molecular formula is C19H32IN3O3. The molecule has 148 valence electrons. The van der Waals surface area contributed by atoms with Gasteiger partial charge in [-0.05, 0) is 31.0 Å². The zero-order valence-electron chi connectivity index (χ0n) is 16.1. The first-order valence-electron chi connectivity index (χ1n) is 8.99. The van der Waals surface area contributed by atoms with E-state index >= 15 is 0 Å². The van der Waals surface area contributed by atoms with Crippen molar-refractivity contribution in [1.82, 2.24) is 10.2 Å². The van der Waals surface area contributed by atoms with Crippen molar-refractivity contribution in [3.8, 4) is 5.75 Å². The van der Waals surface area contributed by atoms with E-state index in [9.17, 15) is 0 Å². The lowest BCUT2D eigenvalue weighted by Gasteiger charge is -2.21. The van der Waals surface area contributed by atoms with Crippen molar-refractivity contribution in [3.63, 3.8) is 0 Å². The van der Waals surface area contributed by atoms with Gasteiger partial charge in [0.2, 0.25) is 0 Å². The first kappa shape index (κ1) is 23.0. The van der Waals surface area contributed by atoms with Gasteiger partial charge >= 0.3 is 0 Å². The normalized spacial score (nSPS) is 17.1. The standard InChI is InChI=1S/C19H31N3O3.HI/c1-4-20-19(22-10-9-17(14-22)15-24-3)21-13-16-5-7-18(8-6-16)25-12-11-23-2;/h5-8,17H,4,9-15H2,1-3H3,(H,20,21);1H. The minimum absolute atomic E-state index is 0. The molecule has 0 radical (unpaired) electrons. The SMILES string of the molecule is CCNC(=NCc1ccc(OCCOC)cc1)N1CCC(COC)C1.I. The van der Waals surface area contributed by atoms with Gasteiger partial charge in [-0.2, -0.15) is 0 Å². The van der Waals surface area contributed by atoms with Gasteiger partial charge in [-0.1, -0.05) is 12.1 Å². The summed E-state index contributed by atoms with van der Waals surface area (Å²) in [6.07, 6.45) is 1.16. The molecule has 2 rings (SSSR count). The van der Waals surface area contributed by atoms with Crippen LogP contribution in [0, 0.1) is 5.92 Å². The molecule has 1 aliphatic rings. The Hall–Kier alpha value is -1.06. The Balaban J connectivity index is 0.00000338. The van der Waals surface area contributed by atoms with Gasteiger partial charge in [0.25, 0.3) is 0 Å². The molecule has 6 nitrogen and oxygen atoms in total. The Kier molecular flexibility index (Phi) is 11.6. The summed E-state index contributed by atoms with van der Waals surface area (Å²) in [4.78, 5) is 7.12. The minimum Gasteiger partial charge on any atom is -0.491 e. The Labute approximate surface area is 174 Å². The number of guanidine groups is 1. The average molecular weight is 477 g/mol. The largest absolute Gasteiger partial charge is 0.491 e. The van der Waals surface area contributed by atoms with Gasteiger partial charge in [-0.15, -0.1) is 24.0 Å². The predicted octanol–water partition coefficient (Wildman–Crippen LogP) is 2.76. The maximum atomic E-state index is 5.59. The number of aliphatic imine (C=N–C) groups is 1. The highest BCUT2D eigenvalue weighted by Gasteiger charge is 2.24. The molecule has 26 heavy (non-hydrogen) atoms. The van der Waals surface area contributed by atoms with Gasteiger partial charge in [-0.3, -0.25) is 0 Å². The third-order valence-corrected chi connectivity index (χ3v) is 4.21. The van der Waals surface area contributed by atoms with E-state index in [0.717, 1.165) is 44.4 Å². The molecule has 0 spiro atoms. The number of nitrogens with one attached hydrogen (secondary N) is 1. The van der Waals surface area contributed by atoms with Crippen LogP contribution in [-0.4, -0.2) is 64.5 Å². The summed E-state index contributed by atoms with van der Waals surface area (Å²) in [5.74, 6) is 2.44. The molecular weight excluding hydrogens is 445 g/mol. The number of hydrogen-bond acceptors (Lipinski definition) is 4. The van der Waals surface area contributed by atoms with Crippen molar-refractivity contribution < 1.29 is 14.2 Å². The van der Waals surface area contributed by atoms with Crippen LogP contribution in [0.15, 0.2) is 29.3 Å². The summed E-state index contributed by atoms with van der Waals surface area (Å²) >= 11 is 0. The third-order valence-electron chi connectivity index (χ3n) is 4.21. The number of methoxy groups -OCH3 is 2. The molecule has 1 fully saturated rings. The maximum absolute atomic E-state index is 5.59. The molecule has 0 aliphatic carbocycles. The number of nitrogens with zero attached hydrogens (tertiary/aromatic N) is 2. The fourth-order valence-electron chi connectivity index (χ4n) is 2.92. The number of hydrogen-bond donors (Lipinski definition) is 1. The fourth-order valence-corrected chi connectivity index (χ4v) is 2.92. The molecule has 7 heteroatoms. The Morgan fingerprint density at radius 1 is 1.19 bits per heavy atom. The number of benzene rings is 1. The minimum atomic E-state index is 0. The van der Waals surface area contributed by atoms with E-state index in [1.54, 1.807) is 14.2 Å². The quantitative estimate of drug-likeness (QED) is 0.257. The van der Waals surface area contributed by atoms with Crippen LogP contribution in [0.25, 0.3) is 0 Å². The van der Waals surface area contributed by atoms with Crippen molar-refractivity contribution in [2.75, 3.05) is 53.7 Å². The first-order valence-corrected chi connectivity index (χ1v) is 8.99. The van der Waals surface area contributed by atoms with Crippen LogP contribution in [0.1, 0.15) is 18.9 Å². The number of rotatable bonds is 9. The summed E-state index contributed by atoms with van der Waals surface area (Å²) < 4.78 is 15.9. The van der Waals surface area contributed by atoms with Crippen LogP contribution in [0.2, 0.25) is 0 Å². The van der Waals surface area contributed by atoms with Crippen LogP contribution in [0.4, 0.5) is 0 Å². The van der Waals surface area contributed by atoms with Crippen LogP contribution in [-0.2, 0) is 16.0 Å². The van der Waals surface area contributed by atoms with Gasteiger partial charge in [0.1, 0.15) is 12.4 Å². The van der Waals surface area contributed by atoms with Crippen molar-refractivity contribution in [3.05, 3.63) is 29.8 Å². The molecule has 1 aromatic carbocycles. The molecule has 1 unspecified atom stereocenters. The van der Waals surface area contributed by atoms with E-state index < -0.39 is 0 Å². The van der Waals surface area contributed by atoms with E-state index in [1.807, 2.05) is 12.1 Å². The predicted molar refractivity (Wildman–Crippen MR) is 116 cm³/mol. The van der Waals surface area contributed by atoms with Crippen LogP contribution in [0.5, 0.6) is 5.75 Å². The van der Waals surface area contributed by atoms with Crippen molar-refractivity contribution >= 4 is 29.9 Å². The van der Waals surface area contributed by atoms with E-state index in [1.165, 1.54) is 5.56 Å². The van der Waals surface area contributed by atoms with Crippen LogP contribution in [0.3, 0.4) is 0 Å². The molecule has 1 N–H and O–H groups in total. The molecule has 1 heterocycles. The van der Waals surface area contributed by atoms with Gasteiger partial charge in [0.05, 0.1) is 19.8 Å². The number of likely N-dealkylation sites (tertiary alicyclic amines) is 1. The Morgan fingerprint density at radius 2 is 1.96 bits per heavy atom. The summed E-state index contributed by atoms with van der Waals surface area (Å²) in [7, 11) is 3.44. The molecule has 0 amide bonds. The Bertz CT molecular complexity index is 525. The topological polar surface area (TPSA) is 55.3 Å². The zero-order valence-corrected chi connectivity index (χ0v) is 18.4. The van der Waals surface area contributed by atoms with E-state index in [4.69, 9.17) is 19.2 Å². The Morgan fingerprint density at radius 3 is 2.62 bits per heavy atom. The monoisotopic (exact) mass is 477 g/mol. The summed E-state index contributed by atoms with van der Waals surface area (Å²) in [6, 6.07) is 8.09. The molecule has 0 aromatic heterocycles. The summed E-state index contributed by atoms with van der Waals surface area (Å²) in [5, 5.41) is 3.40.